The number of aryl methyl sites for hydroxylation is 1. The van der Waals surface area contributed by atoms with Crippen molar-refractivity contribution >= 4 is 33.3 Å². The van der Waals surface area contributed by atoms with Crippen LogP contribution in [-0.4, -0.2) is 50.7 Å². The monoisotopic (exact) mass is 423 g/mol. The minimum atomic E-state index is 0.742. The average molecular weight is 424 g/mol. The van der Waals surface area contributed by atoms with E-state index in [9.17, 15) is 0 Å². The smallest absolute Gasteiger partial charge is 0.174 e. The van der Waals surface area contributed by atoms with E-state index >= 15 is 0 Å². The molecular weight excluding hydrogens is 402 g/mol. The molecule has 0 N–H and O–H groups in total. The first kappa shape index (κ1) is 18.7. The predicted octanol–water partition coefficient (Wildman–Crippen LogP) is 4.08. The van der Waals surface area contributed by atoms with Gasteiger partial charge in [-0.2, -0.15) is 0 Å². The van der Waals surface area contributed by atoms with Gasteiger partial charge in [-0.05, 0) is 17.3 Å². The lowest BCUT2D eigenvalue weighted by molar-refractivity contribution is 0.0330. The summed E-state index contributed by atoms with van der Waals surface area (Å²) in [5.74, 6) is 0.859. The number of morpholine rings is 1. The molecule has 29 heavy (non-hydrogen) atoms. The molecule has 3 aromatic heterocycles. The zero-order chi connectivity index (χ0) is 19.6. The van der Waals surface area contributed by atoms with Crippen LogP contribution >= 0.6 is 23.1 Å². The van der Waals surface area contributed by atoms with E-state index in [0.29, 0.717) is 0 Å². The summed E-state index contributed by atoms with van der Waals surface area (Å²) < 4.78 is 7.49. The van der Waals surface area contributed by atoms with Crippen molar-refractivity contribution in [3.05, 3.63) is 53.9 Å². The molecule has 0 unspecified atom stereocenters. The van der Waals surface area contributed by atoms with Gasteiger partial charge in [0.2, 0.25) is 0 Å². The molecule has 6 nitrogen and oxygen atoms in total. The van der Waals surface area contributed by atoms with Crippen molar-refractivity contribution in [2.24, 2.45) is 7.05 Å². The zero-order valence-corrected chi connectivity index (χ0v) is 17.7. The predicted molar refractivity (Wildman–Crippen MR) is 116 cm³/mol. The minimum Gasteiger partial charge on any atom is -0.379 e. The molecule has 1 aliphatic rings. The summed E-state index contributed by atoms with van der Waals surface area (Å²) in [6.45, 7) is 4.13. The van der Waals surface area contributed by atoms with Crippen molar-refractivity contribution in [1.29, 1.82) is 0 Å². The lowest BCUT2D eigenvalue weighted by Crippen LogP contribution is -2.36. The highest BCUT2D eigenvalue weighted by atomic mass is 32.2. The van der Waals surface area contributed by atoms with Crippen LogP contribution in [-0.2, 0) is 18.3 Å². The van der Waals surface area contributed by atoms with Gasteiger partial charge < -0.3 is 9.30 Å². The van der Waals surface area contributed by atoms with E-state index in [1.54, 1.807) is 23.1 Å². The maximum atomic E-state index is 5.47. The van der Waals surface area contributed by atoms with Crippen LogP contribution in [0.25, 0.3) is 21.3 Å². The third kappa shape index (κ3) is 3.93. The van der Waals surface area contributed by atoms with Gasteiger partial charge in [0.1, 0.15) is 15.7 Å². The van der Waals surface area contributed by atoms with E-state index in [4.69, 9.17) is 14.7 Å². The van der Waals surface area contributed by atoms with Crippen molar-refractivity contribution in [3.8, 4) is 11.1 Å². The van der Waals surface area contributed by atoms with Crippen LogP contribution in [0.15, 0.2) is 58.3 Å². The van der Waals surface area contributed by atoms with Crippen LogP contribution in [0.3, 0.4) is 0 Å². The fraction of sp³-hybridized carbons (Fsp3) is 0.286. The first-order valence-electron chi connectivity index (χ1n) is 9.57. The number of hydrogen-bond donors (Lipinski definition) is 0. The second-order valence-corrected chi connectivity index (χ2v) is 8.77. The number of benzene rings is 1. The number of thiophene rings is 1. The Bertz CT molecular complexity index is 1120. The van der Waals surface area contributed by atoms with Crippen molar-refractivity contribution in [2.75, 3.05) is 26.3 Å². The van der Waals surface area contributed by atoms with Gasteiger partial charge in [0, 0.05) is 43.5 Å². The average Bonchev–Trinajstić information content (AvgIpc) is 3.36. The number of hydrogen-bond acceptors (Lipinski definition) is 7. The second kappa shape index (κ2) is 8.23. The van der Waals surface area contributed by atoms with E-state index in [0.717, 1.165) is 59.1 Å². The van der Waals surface area contributed by atoms with Crippen LogP contribution < -0.4 is 0 Å². The number of ether oxygens (including phenoxy) is 1. The Morgan fingerprint density at radius 1 is 1.14 bits per heavy atom. The Hall–Kier alpha value is -2.26. The largest absolute Gasteiger partial charge is 0.379 e. The lowest BCUT2D eigenvalue weighted by atomic mass is 10.1. The van der Waals surface area contributed by atoms with E-state index < -0.39 is 0 Å². The van der Waals surface area contributed by atoms with Crippen LogP contribution in [0, 0.1) is 0 Å². The molecule has 0 spiro atoms. The Labute approximate surface area is 177 Å². The Balaban J connectivity index is 1.59. The fourth-order valence-electron chi connectivity index (χ4n) is 3.42. The molecule has 5 rings (SSSR count). The van der Waals surface area contributed by atoms with Crippen molar-refractivity contribution < 1.29 is 4.74 Å². The molecule has 0 atom stereocenters. The van der Waals surface area contributed by atoms with Gasteiger partial charge in [-0.3, -0.25) is 4.90 Å². The van der Waals surface area contributed by atoms with Gasteiger partial charge in [-0.25, -0.2) is 15.0 Å². The van der Waals surface area contributed by atoms with Gasteiger partial charge in [-0.15, -0.1) is 11.3 Å². The Morgan fingerprint density at radius 2 is 1.97 bits per heavy atom. The summed E-state index contributed by atoms with van der Waals surface area (Å²) in [5, 5.41) is 5.19. The molecule has 1 aromatic carbocycles. The van der Waals surface area contributed by atoms with E-state index in [-0.39, 0.29) is 0 Å². The summed E-state index contributed by atoms with van der Waals surface area (Å²) in [6.07, 6.45) is 3.78. The summed E-state index contributed by atoms with van der Waals surface area (Å²) in [7, 11) is 2.01. The van der Waals surface area contributed by atoms with Crippen LogP contribution in [0.2, 0.25) is 0 Å². The van der Waals surface area contributed by atoms with Crippen molar-refractivity contribution in [1.82, 2.24) is 24.4 Å². The molecule has 0 amide bonds. The van der Waals surface area contributed by atoms with Crippen LogP contribution in [0.1, 0.15) is 5.82 Å². The topological polar surface area (TPSA) is 56.1 Å². The number of rotatable bonds is 5. The first-order valence-corrected chi connectivity index (χ1v) is 11.3. The van der Waals surface area contributed by atoms with Gasteiger partial charge in [-0.1, -0.05) is 30.3 Å². The van der Waals surface area contributed by atoms with E-state index in [1.807, 2.05) is 30.1 Å². The Kier molecular flexibility index (Phi) is 5.32. The third-order valence-electron chi connectivity index (χ3n) is 4.97. The standard InChI is InChI=1S/C21H21N5OS2/c1-25-8-7-22-21(25)29-20-18-16(15-5-3-2-4-6-15)14-28-19(18)23-17(24-20)13-26-9-11-27-12-10-26/h2-8,14H,9-13H2,1H3. The quantitative estimate of drug-likeness (QED) is 0.451. The molecule has 148 valence electrons. The van der Waals surface area contributed by atoms with Crippen LogP contribution in [0.4, 0.5) is 0 Å². The molecule has 4 aromatic rings. The summed E-state index contributed by atoms with van der Waals surface area (Å²) >= 11 is 3.29. The van der Waals surface area contributed by atoms with Gasteiger partial charge >= 0.3 is 0 Å². The first-order chi connectivity index (χ1) is 14.3. The number of fused-ring (bicyclic) bond motifs is 1. The summed E-state index contributed by atoms with van der Waals surface area (Å²) in [5.41, 5.74) is 2.37. The van der Waals surface area contributed by atoms with Gasteiger partial charge in [0.05, 0.1) is 25.1 Å². The number of nitrogens with zero attached hydrogens (tertiary/aromatic N) is 5. The minimum absolute atomic E-state index is 0.742. The molecular formula is C21H21N5OS2. The molecule has 1 fully saturated rings. The number of imidazole rings is 1. The molecule has 0 radical (unpaired) electrons. The second-order valence-electron chi connectivity index (χ2n) is 6.95. The summed E-state index contributed by atoms with van der Waals surface area (Å²) in [6, 6.07) is 10.4. The number of aromatic nitrogens is 4. The van der Waals surface area contributed by atoms with E-state index in [2.05, 4.69) is 39.5 Å². The van der Waals surface area contributed by atoms with E-state index in [1.165, 1.54) is 11.1 Å². The normalized spacial score (nSPS) is 15.2. The van der Waals surface area contributed by atoms with Gasteiger partial charge in [0.25, 0.3) is 0 Å². The molecule has 0 saturated carbocycles. The zero-order valence-electron chi connectivity index (χ0n) is 16.1. The highest BCUT2D eigenvalue weighted by Gasteiger charge is 2.19. The molecule has 0 bridgehead atoms. The molecule has 0 aliphatic carbocycles. The lowest BCUT2D eigenvalue weighted by Gasteiger charge is -2.25. The molecule has 4 heterocycles. The molecule has 8 heteroatoms. The molecule has 1 saturated heterocycles. The van der Waals surface area contributed by atoms with Crippen LogP contribution in [0.5, 0.6) is 0 Å². The van der Waals surface area contributed by atoms with Crippen molar-refractivity contribution in [2.45, 2.75) is 16.7 Å². The molecule has 1 aliphatic heterocycles. The third-order valence-corrected chi connectivity index (χ3v) is 6.90. The Morgan fingerprint density at radius 3 is 2.72 bits per heavy atom. The maximum absolute atomic E-state index is 5.47. The van der Waals surface area contributed by atoms with Gasteiger partial charge in [0.15, 0.2) is 5.16 Å². The fourth-order valence-corrected chi connectivity index (χ4v) is 5.40. The SMILES string of the molecule is Cn1ccnc1Sc1nc(CN2CCOCC2)nc2scc(-c3ccccc3)c12. The highest BCUT2D eigenvalue weighted by Crippen LogP contribution is 2.40. The van der Waals surface area contributed by atoms with Crippen molar-refractivity contribution in [3.63, 3.8) is 0 Å². The maximum Gasteiger partial charge on any atom is 0.174 e. The summed E-state index contributed by atoms with van der Waals surface area (Å²) in [4.78, 5) is 17.8. The highest BCUT2D eigenvalue weighted by molar-refractivity contribution is 7.99.